The van der Waals surface area contributed by atoms with Crippen LogP contribution in [0.25, 0.3) is 0 Å². The summed E-state index contributed by atoms with van der Waals surface area (Å²) in [6.45, 7) is 3.21. The number of hydrogen-bond acceptors (Lipinski definition) is 4. The van der Waals surface area contributed by atoms with E-state index in [0.29, 0.717) is 0 Å². The zero-order chi connectivity index (χ0) is 19.1. The van der Waals surface area contributed by atoms with E-state index in [1.165, 1.54) is 5.56 Å². The third-order valence-corrected chi connectivity index (χ3v) is 6.06. The van der Waals surface area contributed by atoms with Crippen molar-refractivity contribution in [1.29, 1.82) is 0 Å². The van der Waals surface area contributed by atoms with E-state index in [1.54, 1.807) is 18.0 Å². The fourth-order valence-corrected chi connectivity index (χ4v) is 4.66. The van der Waals surface area contributed by atoms with Crippen molar-refractivity contribution in [3.8, 4) is 5.75 Å². The van der Waals surface area contributed by atoms with Crippen LogP contribution < -0.4 is 5.32 Å². The van der Waals surface area contributed by atoms with E-state index in [2.05, 4.69) is 24.2 Å². The molecule has 1 fully saturated rings. The molecule has 7 nitrogen and oxygen atoms in total. The number of nitrogens with one attached hydrogen (secondary N) is 1. The van der Waals surface area contributed by atoms with Gasteiger partial charge in [0.2, 0.25) is 0 Å². The SMILES string of the molecule is CN1CCC2(C)c3cc(O)ccc3CC1C2N(C)C(=O)NCCC(=O)O. The normalized spacial score (nSPS) is 27.5. The van der Waals surface area contributed by atoms with Gasteiger partial charge in [0.05, 0.1) is 12.5 Å². The zero-order valence-corrected chi connectivity index (χ0v) is 15.5. The van der Waals surface area contributed by atoms with Crippen molar-refractivity contribution in [3.05, 3.63) is 29.3 Å². The molecule has 3 rings (SSSR count). The minimum Gasteiger partial charge on any atom is -0.508 e. The number of likely N-dealkylation sites (N-methyl/N-ethyl adjacent to an activating group) is 2. The summed E-state index contributed by atoms with van der Waals surface area (Å²) in [5, 5.41) is 21.5. The lowest BCUT2D eigenvalue weighted by Crippen LogP contribution is -2.68. The van der Waals surface area contributed by atoms with E-state index in [-0.39, 0.29) is 42.2 Å². The molecule has 0 aromatic heterocycles. The highest BCUT2D eigenvalue weighted by Gasteiger charge is 2.52. The molecule has 1 aromatic rings. The molecule has 3 atom stereocenters. The minimum absolute atomic E-state index is 0.0552. The van der Waals surface area contributed by atoms with E-state index < -0.39 is 5.97 Å². The molecule has 1 saturated heterocycles. The second-order valence-electron chi connectivity index (χ2n) is 7.69. The first-order valence-electron chi connectivity index (χ1n) is 8.99. The molecule has 2 aliphatic rings. The van der Waals surface area contributed by atoms with Crippen molar-refractivity contribution >= 4 is 12.0 Å². The van der Waals surface area contributed by atoms with E-state index in [1.807, 2.05) is 12.1 Å². The van der Waals surface area contributed by atoms with E-state index in [4.69, 9.17) is 5.11 Å². The molecule has 142 valence electrons. The van der Waals surface area contributed by atoms with Crippen LogP contribution >= 0.6 is 0 Å². The summed E-state index contributed by atoms with van der Waals surface area (Å²) in [5.41, 5.74) is 2.07. The van der Waals surface area contributed by atoms with Crippen LogP contribution in [0, 0.1) is 0 Å². The number of aliphatic carboxylic acids is 1. The summed E-state index contributed by atoms with van der Waals surface area (Å²) in [5.74, 6) is -0.687. The number of carboxylic acid groups (broad SMARTS) is 1. The Hall–Kier alpha value is -2.28. The molecule has 2 bridgehead atoms. The fourth-order valence-electron chi connectivity index (χ4n) is 4.66. The van der Waals surface area contributed by atoms with Crippen molar-refractivity contribution in [2.24, 2.45) is 0 Å². The highest BCUT2D eigenvalue weighted by Crippen LogP contribution is 2.47. The Morgan fingerprint density at radius 3 is 2.85 bits per heavy atom. The highest BCUT2D eigenvalue weighted by atomic mass is 16.4. The summed E-state index contributed by atoms with van der Waals surface area (Å²) in [4.78, 5) is 27.3. The number of carbonyl (C=O) groups excluding carboxylic acids is 1. The van der Waals surface area contributed by atoms with E-state index >= 15 is 0 Å². The van der Waals surface area contributed by atoms with Gasteiger partial charge in [0, 0.05) is 25.0 Å². The minimum atomic E-state index is -0.932. The molecular weight excluding hydrogens is 334 g/mol. The largest absolute Gasteiger partial charge is 0.508 e. The monoisotopic (exact) mass is 361 g/mol. The maximum absolute atomic E-state index is 12.6. The third kappa shape index (κ3) is 3.11. The van der Waals surface area contributed by atoms with Gasteiger partial charge in [-0.2, -0.15) is 0 Å². The molecule has 1 aliphatic carbocycles. The molecule has 2 amide bonds. The van der Waals surface area contributed by atoms with Crippen LogP contribution in [-0.4, -0.2) is 71.3 Å². The molecular formula is C19H27N3O4. The number of amides is 2. The Balaban J connectivity index is 1.90. The fraction of sp³-hybridized carbons (Fsp3) is 0.579. The van der Waals surface area contributed by atoms with Gasteiger partial charge in [-0.3, -0.25) is 4.79 Å². The molecule has 1 heterocycles. The van der Waals surface area contributed by atoms with E-state index in [9.17, 15) is 14.7 Å². The number of hydrogen-bond donors (Lipinski definition) is 3. The lowest BCUT2D eigenvalue weighted by Gasteiger charge is -2.57. The maximum Gasteiger partial charge on any atom is 0.317 e. The summed E-state index contributed by atoms with van der Waals surface area (Å²) >= 11 is 0. The molecule has 0 spiro atoms. The lowest BCUT2D eigenvalue weighted by atomic mass is 9.61. The number of piperidine rings is 1. The maximum atomic E-state index is 12.6. The number of fused-ring (bicyclic) bond motifs is 4. The second kappa shape index (κ2) is 6.79. The van der Waals surface area contributed by atoms with Crippen LogP contribution in [0.15, 0.2) is 18.2 Å². The van der Waals surface area contributed by atoms with Crippen molar-refractivity contribution in [2.45, 2.75) is 43.7 Å². The number of carboxylic acids is 1. The van der Waals surface area contributed by atoms with Gasteiger partial charge in [0.1, 0.15) is 5.75 Å². The number of nitrogens with zero attached hydrogens (tertiary/aromatic N) is 2. The third-order valence-electron chi connectivity index (χ3n) is 6.06. The number of carbonyl (C=O) groups is 2. The number of phenolic OH excluding ortho intramolecular Hbond substituents is 1. The highest BCUT2D eigenvalue weighted by molar-refractivity contribution is 5.76. The number of rotatable bonds is 4. The van der Waals surface area contributed by atoms with Crippen LogP contribution in [0.5, 0.6) is 5.75 Å². The van der Waals surface area contributed by atoms with Crippen molar-refractivity contribution in [2.75, 3.05) is 27.2 Å². The average molecular weight is 361 g/mol. The molecule has 0 saturated carbocycles. The lowest BCUT2D eigenvalue weighted by molar-refractivity contribution is -0.136. The van der Waals surface area contributed by atoms with Crippen LogP contribution in [-0.2, 0) is 16.6 Å². The topological polar surface area (TPSA) is 93.1 Å². The Kier molecular flexibility index (Phi) is 4.84. The van der Waals surface area contributed by atoms with Crippen molar-refractivity contribution < 1.29 is 19.8 Å². The molecule has 7 heteroatoms. The van der Waals surface area contributed by atoms with Crippen LogP contribution in [0.3, 0.4) is 0 Å². The summed E-state index contributed by atoms with van der Waals surface area (Å²) in [6.07, 6.45) is 1.61. The molecule has 3 N–H and O–H groups in total. The van der Waals surface area contributed by atoms with Gasteiger partial charge in [0.25, 0.3) is 0 Å². The Labute approximate surface area is 153 Å². The first kappa shape index (κ1) is 18.5. The van der Waals surface area contributed by atoms with Crippen LogP contribution in [0.4, 0.5) is 4.79 Å². The second-order valence-corrected chi connectivity index (χ2v) is 7.69. The van der Waals surface area contributed by atoms with Gasteiger partial charge in [0.15, 0.2) is 0 Å². The van der Waals surface area contributed by atoms with Crippen molar-refractivity contribution in [3.63, 3.8) is 0 Å². The number of phenols is 1. The molecule has 1 aromatic carbocycles. The smallest absolute Gasteiger partial charge is 0.317 e. The van der Waals surface area contributed by atoms with Gasteiger partial charge in [-0.15, -0.1) is 0 Å². The first-order chi connectivity index (χ1) is 12.2. The molecule has 0 radical (unpaired) electrons. The molecule has 3 unspecified atom stereocenters. The van der Waals surface area contributed by atoms with Gasteiger partial charge >= 0.3 is 12.0 Å². The predicted molar refractivity (Wildman–Crippen MR) is 97.4 cm³/mol. The van der Waals surface area contributed by atoms with Gasteiger partial charge in [-0.05, 0) is 49.7 Å². The Morgan fingerprint density at radius 2 is 2.15 bits per heavy atom. The van der Waals surface area contributed by atoms with Crippen LogP contribution in [0.1, 0.15) is 30.9 Å². The van der Waals surface area contributed by atoms with E-state index in [0.717, 1.165) is 24.9 Å². The summed E-state index contributed by atoms with van der Waals surface area (Å²) < 4.78 is 0. The molecule has 1 aliphatic heterocycles. The zero-order valence-electron chi connectivity index (χ0n) is 15.5. The van der Waals surface area contributed by atoms with Gasteiger partial charge in [-0.1, -0.05) is 13.0 Å². The Morgan fingerprint density at radius 1 is 1.42 bits per heavy atom. The average Bonchev–Trinajstić information content (AvgIpc) is 2.58. The van der Waals surface area contributed by atoms with Gasteiger partial charge < -0.3 is 25.3 Å². The quantitative estimate of drug-likeness (QED) is 0.754. The predicted octanol–water partition coefficient (Wildman–Crippen LogP) is 1.39. The summed E-state index contributed by atoms with van der Waals surface area (Å²) in [7, 11) is 3.86. The number of urea groups is 1. The number of likely N-dealkylation sites (tertiary alicyclic amines) is 1. The Bertz CT molecular complexity index is 723. The molecule has 26 heavy (non-hydrogen) atoms. The number of aromatic hydroxyl groups is 1. The standard InChI is InChI=1S/C19H27N3O4/c1-19-7-9-21(2)15(10-12-4-5-13(23)11-14(12)19)17(19)22(3)18(26)20-8-6-16(24)25/h4-5,11,15,17,23H,6-10H2,1-3H3,(H,20,26)(H,24,25). The van der Waals surface area contributed by atoms with Crippen LogP contribution in [0.2, 0.25) is 0 Å². The van der Waals surface area contributed by atoms with Gasteiger partial charge in [-0.25, -0.2) is 4.79 Å². The first-order valence-corrected chi connectivity index (χ1v) is 8.99. The summed E-state index contributed by atoms with van der Waals surface area (Å²) in [6, 6.07) is 5.41. The van der Waals surface area contributed by atoms with Crippen molar-refractivity contribution in [1.82, 2.24) is 15.1 Å². The number of benzene rings is 1.